The van der Waals surface area contributed by atoms with Gasteiger partial charge in [0.2, 0.25) is 0 Å². The van der Waals surface area contributed by atoms with Crippen molar-refractivity contribution in [2.75, 3.05) is 7.05 Å². The third-order valence-electron chi connectivity index (χ3n) is 6.29. The van der Waals surface area contributed by atoms with Gasteiger partial charge >= 0.3 is 6.09 Å². The van der Waals surface area contributed by atoms with Crippen molar-refractivity contribution in [3.63, 3.8) is 0 Å². The molecule has 1 aromatic carbocycles. The lowest BCUT2D eigenvalue weighted by atomic mass is 9.68. The van der Waals surface area contributed by atoms with Gasteiger partial charge in [0.1, 0.15) is 11.3 Å². The van der Waals surface area contributed by atoms with E-state index >= 15 is 0 Å². The summed E-state index contributed by atoms with van der Waals surface area (Å²) in [6.45, 7) is 0. The minimum Gasteiger partial charge on any atom is -0.409 e. The summed E-state index contributed by atoms with van der Waals surface area (Å²) in [4.78, 5) is 16.5. The number of hydrogen-bond acceptors (Lipinski definition) is 4. The molecule has 2 aliphatic carbocycles. The molecule has 4 bridgehead atoms. The summed E-state index contributed by atoms with van der Waals surface area (Å²) in [7, 11) is 1.50. The number of hydrogen-bond donors (Lipinski definition) is 2. The van der Waals surface area contributed by atoms with Crippen LogP contribution in [0.3, 0.4) is 0 Å². The first-order valence-corrected chi connectivity index (χ1v) is 9.61. The van der Waals surface area contributed by atoms with E-state index in [0.717, 1.165) is 30.5 Å². The van der Waals surface area contributed by atoms with Gasteiger partial charge in [0, 0.05) is 19.0 Å². The van der Waals surface area contributed by atoms with Gasteiger partial charge in [0.15, 0.2) is 5.75 Å². The van der Waals surface area contributed by atoms with Crippen LogP contribution in [0.4, 0.5) is 4.79 Å². The fourth-order valence-corrected chi connectivity index (χ4v) is 5.69. The van der Waals surface area contributed by atoms with Crippen LogP contribution in [0, 0.1) is 17.2 Å². The maximum absolute atomic E-state index is 11.6. The molecule has 1 amide bonds. The van der Waals surface area contributed by atoms with Gasteiger partial charge in [-0.25, -0.2) is 9.78 Å². The number of halogens is 1. The molecule has 2 atom stereocenters. The van der Waals surface area contributed by atoms with Crippen LogP contribution < -0.4 is 15.5 Å². The van der Waals surface area contributed by atoms with Crippen molar-refractivity contribution in [1.29, 1.82) is 5.41 Å². The number of aromatic nitrogens is 2. The van der Waals surface area contributed by atoms with Gasteiger partial charge in [-0.1, -0.05) is 11.6 Å². The van der Waals surface area contributed by atoms with Crippen LogP contribution in [0.15, 0.2) is 12.1 Å². The number of benzene rings is 1. The molecule has 136 valence electrons. The fraction of sp³-hybridized carbons (Fsp3) is 0.526. The highest BCUT2D eigenvalue weighted by molar-refractivity contribution is 6.36. The summed E-state index contributed by atoms with van der Waals surface area (Å²) >= 11 is 6.53. The Morgan fingerprint density at radius 1 is 1.27 bits per heavy atom. The van der Waals surface area contributed by atoms with Crippen molar-refractivity contribution in [3.8, 4) is 5.75 Å². The molecule has 2 unspecified atom stereocenters. The van der Waals surface area contributed by atoms with Crippen LogP contribution in [0.25, 0.3) is 10.9 Å². The highest BCUT2D eigenvalue weighted by Crippen LogP contribution is 2.52. The second kappa shape index (κ2) is 5.71. The van der Waals surface area contributed by atoms with Crippen molar-refractivity contribution < 1.29 is 9.53 Å². The normalized spacial score (nSPS) is 28.7. The van der Waals surface area contributed by atoms with Gasteiger partial charge in [0.05, 0.1) is 15.9 Å². The van der Waals surface area contributed by atoms with Crippen LogP contribution in [-0.4, -0.2) is 22.7 Å². The van der Waals surface area contributed by atoms with E-state index in [1.807, 2.05) is 0 Å². The lowest BCUT2D eigenvalue weighted by molar-refractivity contribution is 0.150. The van der Waals surface area contributed by atoms with E-state index < -0.39 is 6.09 Å². The Kier molecular flexibility index (Phi) is 3.54. The number of nitrogens with one attached hydrogen (secondary N) is 2. The summed E-state index contributed by atoms with van der Waals surface area (Å²) in [5, 5.41) is 12.2. The van der Waals surface area contributed by atoms with Crippen LogP contribution in [-0.2, 0) is 0 Å². The summed E-state index contributed by atoms with van der Waals surface area (Å²) in [5.74, 6) is 3.26. The van der Waals surface area contributed by atoms with Gasteiger partial charge in [0.25, 0.3) is 0 Å². The zero-order valence-corrected chi connectivity index (χ0v) is 15.3. The Bertz CT molecular complexity index is 972. The third kappa shape index (κ3) is 2.28. The molecule has 2 N–H and O–H groups in total. The monoisotopic (exact) mass is 372 g/mol. The minimum atomic E-state index is -0.580. The quantitative estimate of drug-likeness (QED) is 0.800. The molecule has 3 heterocycles. The first kappa shape index (κ1) is 16.1. The van der Waals surface area contributed by atoms with Crippen molar-refractivity contribution in [2.45, 2.75) is 44.1 Å². The molecule has 2 fully saturated rings. The average molecular weight is 373 g/mol. The average Bonchev–Trinajstić information content (AvgIpc) is 2.78. The molecule has 26 heavy (non-hydrogen) atoms. The molecule has 0 saturated heterocycles. The zero-order chi connectivity index (χ0) is 18.0. The SMILES string of the molecule is CNC(=O)Oc1ccc2nc3n(c(=N)c2c1Cl)C1CC2CC(CC3C2)C1. The Balaban J connectivity index is 1.73. The number of carbonyl (C=O) groups is 1. The Morgan fingerprint density at radius 2 is 2.00 bits per heavy atom. The second-order valence-electron chi connectivity index (χ2n) is 7.86. The van der Waals surface area contributed by atoms with Gasteiger partial charge < -0.3 is 14.6 Å². The van der Waals surface area contributed by atoms with E-state index in [1.54, 1.807) is 12.1 Å². The number of amides is 1. The summed E-state index contributed by atoms with van der Waals surface area (Å²) in [6, 6.07) is 3.79. The van der Waals surface area contributed by atoms with E-state index in [2.05, 4.69) is 9.88 Å². The van der Waals surface area contributed by atoms with Crippen LogP contribution in [0.1, 0.15) is 49.9 Å². The molecular formula is C19H21ClN4O2. The molecular weight excluding hydrogens is 352 g/mol. The van der Waals surface area contributed by atoms with E-state index in [4.69, 9.17) is 26.7 Å². The third-order valence-corrected chi connectivity index (χ3v) is 6.67. The smallest absolute Gasteiger partial charge is 0.409 e. The molecule has 2 aliphatic heterocycles. The molecule has 6 nitrogen and oxygen atoms in total. The van der Waals surface area contributed by atoms with Crippen molar-refractivity contribution in [3.05, 3.63) is 28.5 Å². The molecule has 0 spiro atoms. The van der Waals surface area contributed by atoms with Gasteiger partial charge in [-0.05, 0) is 56.1 Å². The molecule has 1 aromatic heterocycles. The van der Waals surface area contributed by atoms with Crippen LogP contribution >= 0.6 is 11.6 Å². The molecule has 2 saturated carbocycles. The highest BCUT2D eigenvalue weighted by atomic mass is 35.5. The summed E-state index contributed by atoms with van der Waals surface area (Å²) in [6.07, 6.45) is 5.40. The summed E-state index contributed by atoms with van der Waals surface area (Å²) in [5.41, 5.74) is 1.10. The number of carbonyl (C=O) groups excluding carboxylic acids is 1. The molecule has 6 rings (SSSR count). The number of nitrogens with zero attached hydrogens (tertiary/aromatic N) is 2. The molecule has 7 heteroatoms. The first-order chi connectivity index (χ1) is 12.5. The lowest BCUT2D eigenvalue weighted by Gasteiger charge is -2.37. The Hall–Kier alpha value is -2.08. The lowest BCUT2D eigenvalue weighted by Crippen LogP contribution is -2.31. The standard InChI is InChI=1S/C19H21ClN4O2/c1-22-19(25)26-14-3-2-13-15(16(14)20)17(21)24-12-7-9-4-10(8-12)6-11(5-9)18(24)23-13/h2-3,9-12,21H,4-8H2,1H3,(H,22,25). The van der Waals surface area contributed by atoms with Crippen molar-refractivity contribution >= 4 is 28.6 Å². The molecule has 2 aromatic rings. The van der Waals surface area contributed by atoms with Crippen LogP contribution in [0.5, 0.6) is 5.75 Å². The van der Waals surface area contributed by atoms with E-state index in [0.29, 0.717) is 28.4 Å². The topological polar surface area (TPSA) is 80.0 Å². The minimum absolute atomic E-state index is 0.258. The van der Waals surface area contributed by atoms with Gasteiger partial charge in [-0.15, -0.1) is 0 Å². The second-order valence-corrected chi connectivity index (χ2v) is 8.24. The summed E-state index contributed by atoms with van der Waals surface area (Å²) < 4.78 is 7.36. The van der Waals surface area contributed by atoms with Crippen LogP contribution in [0.2, 0.25) is 5.02 Å². The van der Waals surface area contributed by atoms with E-state index in [1.165, 1.54) is 26.3 Å². The molecule has 4 aliphatic rings. The Labute approximate surface area is 156 Å². The number of rotatable bonds is 1. The largest absolute Gasteiger partial charge is 0.412 e. The van der Waals surface area contributed by atoms with E-state index in [-0.39, 0.29) is 10.8 Å². The highest BCUT2D eigenvalue weighted by Gasteiger charge is 2.43. The Morgan fingerprint density at radius 3 is 2.69 bits per heavy atom. The first-order valence-electron chi connectivity index (χ1n) is 9.24. The maximum Gasteiger partial charge on any atom is 0.412 e. The van der Waals surface area contributed by atoms with Crippen molar-refractivity contribution in [1.82, 2.24) is 14.9 Å². The van der Waals surface area contributed by atoms with Gasteiger partial charge in [-0.2, -0.15) is 0 Å². The van der Waals surface area contributed by atoms with E-state index in [9.17, 15) is 4.79 Å². The number of fused-ring (bicyclic) bond motifs is 1. The fourth-order valence-electron chi connectivity index (χ4n) is 5.40. The number of ether oxygens (including phenoxy) is 1. The maximum atomic E-state index is 11.6. The van der Waals surface area contributed by atoms with Gasteiger partial charge in [-0.3, -0.25) is 5.41 Å². The predicted octanol–water partition coefficient (Wildman–Crippen LogP) is 3.74. The predicted molar refractivity (Wildman–Crippen MR) is 97.5 cm³/mol. The molecule has 0 radical (unpaired) electrons. The zero-order valence-electron chi connectivity index (χ0n) is 14.6. The van der Waals surface area contributed by atoms with Crippen molar-refractivity contribution in [2.24, 2.45) is 11.8 Å².